The predicted octanol–water partition coefficient (Wildman–Crippen LogP) is 2.83. The average Bonchev–Trinajstić information content (AvgIpc) is 3.38. The van der Waals surface area contributed by atoms with Crippen LogP contribution in [-0.2, 0) is 22.7 Å². The minimum absolute atomic E-state index is 0.0296. The summed E-state index contributed by atoms with van der Waals surface area (Å²) in [5, 5.41) is 12.9. The van der Waals surface area contributed by atoms with E-state index >= 15 is 0 Å². The number of amides is 1. The van der Waals surface area contributed by atoms with E-state index in [2.05, 4.69) is 21.3 Å². The monoisotopic (exact) mass is 439 g/mol. The Balaban J connectivity index is 1.47. The van der Waals surface area contributed by atoms with Gasteiger partial charge in [-0.05, 0) is 68.0 Å². The van der Waals surface area contributed by atoms with Crippen LogP contribution in [0, 0.1) is 5.92 Å². The molecule has 1 aromatic heterocycles. The first kappa shape index (κ1) is 22.7. The molecule has 2 aliphatic rings. The highest BCUT2D eigenvalue weighted by Gasteiger charge is 2.33. The number of pyridine rings is 1. The fourth-order valence-electron chi connectivity index (χ4n) is 4.84. The second-order valence-corrected chi connectivity index (χ2v) is 8.68. The molecule has 0 aliphatic carbocycles. The number of carbonyl (C=O) groups excluding carboxylic acids is 1. The minimum Gasteiger partial charge on any atom is -0.496 e. The summed E-state index contributed by atoms with van der Waals surface area (Å²) in [7, 11) is 1.62. The Morgan fingerprint density at radius 3 is 2.94 bits per heavy atom. The van der Waals surface area contributed by atoms with E-state index in [1.165, 1.54) is 0 Å². The number of rotatable bonds is 8. The van der Waals surface area contributed by atoms with Crippen molar-refractivity contribution in [1.82, 2.24) is 15.2 Å². The zero-order chi connectivity index (χ0) is 22.3. The summed E-state index contributed by atoms with van der Waals surface area (Å²) < 4.78 is 10.9. The van der Waals surface area contributed by atoms with E-state index in [0.29, 0.717) is 12.4 Å². The smallest absolute Gasteiger partial charge is 0.249 e. The molecule has 2 aliphatic heterocycles. The summed E-state index contributed by atoms with van der Waals surface area (Å²) in [5.41, 5.74) is 2.85. The fraction of sp³-hybridized carbons (Fsp3) is 0.520. The van der Waals surface area contributed by atoms with Crippen LogP contribution in [0.5, 0.6) is 5.75 Å². The summed E-state index contributed by atoms with van der Waals surface area (Å²) in [5.74, 6) is 0.942. The number of methoxy groups -OCH3 is 1. The molecule has 172 valence electrons. The molecule has 2 fully saturated rings. The van der Waals surface area contributed by atoms with Gasteiger partial charge in [0, 0.05) is 31.5 Å². The van der Waals surface area contributed by atoms with Gasteiger partial charge in [-0.25, -0.2) is 0 Å². The van der Waals surface area contributed by atoms with Crippen molar-refractivity contribution in [2.45, 2.75) is 51.0 Å². The summed E-state index contributed by atoms with van der Waals surface area (Å²) in [6.45, 7) is 3.28. The molecule has 3 heterocycles. The van der Waals surface area contributed by atoms with Crippen molar-refractivity contribution in [2.24, 2.45) is 5.92 Å². The van der Waals surface area contributed by atoms with Gasteiger partial charge in [0.15, 0.2) is 0 Å². The Kier molecular flexibility index (Phi) is 7.73. The molecule has 2 N–H and O–H groups in total. The van der Waals surface area contributed by atoms with Crippen LogP contribution < -0.4 is 10.1 Å². The Labute approximate surface area is 189 Å². The number of hydrogen-bond donors (Lipinski definition) is 2. The van der Waals surface area contributed by atoms with Gasteiger partial charge in [-0.1, -0.05) is 12.1 Å². The van der Waals surface area contributed by atoms with E-state index in [1.807, 2.05) is 30.3 Å². The Bertz CT molecular complexity index is 886. The van der Waals surface area contributed by atoms with Gasteiger partial charge in [0.05, 0.1) is 25.5 Å². The van der Waals surface area contributed by atoms with Crippen molar-refractivity contribution in [2.75, 3.05) is 26.8 Å². The zero-order valence-corrected chi connectivity index (χ0v) is 18.7. The average molecular weight is 440 g/mol. The minimum atomic E-state index is -0.350. The van der Waals surface area contributed by atoms with E-state index in [-0.39, 0.29) is 30.6 Å². The van der Waals surface area contributed by atoms with Gasteiger partial charge in [-0.2, -0.15) is 0 Å². The number of likely N-dealkylation sites (tertiary alicyclic amines) is 1. The molecule has 0 unspecified atom stereocenters. The molecule has 2 aromatic rings. The van der Waals surface area contributed by atoms with Crippen LogP contribution in [0.4, 0.5) is 0 Å². The lowest BCUT2D eigenvalue weighted by atomic mass is 9.88. The number of aromatic nitrogens is 1. The normalized spacial score (nSPS) is 22.4. The summed E-state index contributed by atoms with van der Waals surface area (Å²) in [4.78, 5) is 19.9. The lowest BCUT2D eigenvalue weighted by molar-refractivity contribution is -0.131. The van der Waals surface area contributed by atoms with E-state index in [1.54, 1.807) is 13.3 Å². The van der Waals surface area contributed by atoms with Gasteiger partial charge >= 0.3 is 0 Å². The molecule has 0 bridgehead atoms. The van der Waals surface area contributed by atoms with Crippen LogP contribution >= 0.6 is 0 Å². The molecular formula is C25H33N3O4. The topological polar surface area (TPSA) is 83.9 Å². The number of ether oxygens (including phenoxy) is 2. The number of nitrogens with zero attached hydrogens (tertiary/aromatic N) is 2. The maximum Gasteiger partial charge on any atom is 0.249 e. The maximum absolute atomic E-state index is 12.9. The van der Waals surface area contributed by atoms with Gasteiger partial charge in [0.1, 0.15) is 11.9 Å². The SMILES string of the molecule is COc1ccc(CN2CCC[C@H]([C@H](NC(=O)[C@@H]3CCCO3)c3ccccn3)C2)cc1CO. The third kappa shape index (κ3) is 5.46. The van der Waals surface area contributed by atoms with Crippen LogP contribution in [0.15, 0.2) is 42.6 Å². The van der Waals surface area contributed by atoms with Crippen LogP contribution in [0.2, 0.25) is 0 Å². The third-order valence-corrected chi connectivity index (χ3v) is 6.46. The predicted molar refractivity (Wildman–Crippen MR) is 121 cm³/mol. The zero-order valence-electron chi connectivity index (χ0n) is 18.7. The first-order chi connectivity index (χ1) is 15.7. The van der Waals surface area contributed by atoms with Gasteiger partial charge in [-0.15, -0.1) is 0 Å². The largest absolute Gasteiger partial charge is 0.496 e. The molecule has 7 heteroatoms. The van der Waals surface area contributed by atoms with E-state index in [9.17, 15) is 9.90 Å². The molecule has 32 heavy (non-hydrogen) atoms. The molecule has 1 aromatic carbocycles. The highest BCUT2D eigenvalue weighted by atomic mass is 16.5. The number of aliphatic hydroxyl groups is 1. The molecule has 3 atom stereocenters. The van der Waals surface area contributed by atoms with E-state index in [4.69, 9.17) is 9.47 Å². The van der Waals surface area contributed by atoms with Gasteiger partial charge < -0.3 is 19.9 Å². The number of benzene rings is 1. The molecule has 0 saturated carbocycles. The van der Waals surface area contributed by atoms with E-state index in [0.717, 1.165) is 62.1 Å². The van der Waals surface area contributed by atoms with Crippen molar-refractivity contribution in [3.63, 3.8) is 0 Å². The molecule has 2 saturated heterocycles. The first-order valence-corrected chi connectivity index (χ1v) is 11.5. The Morgan fingerprint density at radius 2 is 2.22 bits per heavy atom. The first-order valence-electron chi connectivity index (χ1n) is 11.5. The van der Waals surface area contributed by atoms with Crippen molar-refractivity contribution in [3.05, 3.63) is 59.4 Å². The Hall–Kier alpha value is -2.48. The molecule has 0 radical (unpaired) electrons. The van der Waals surface area contributed by atoms with Gasteiger partial charge in [-0.3, -0.25) is 14.7 Å². The second kappa shape index (κ2) is 10.9. The van der Waals surface area contributed by atoms with Crippen molar-refractivity contribution in [1.29, 1.82) is 0 Å². The maximum atomic E-state index is 12.9. The second-order valence-electron chi connectivity index (χ2n) is 8.68. The molecule has 0 spiro atoms. The number of piperidine rings is 1. The molecule has 1 amide bonds. The number of carbonyl (C=O) groups is 1. The van der Waals surface area contributed by atoms with Crippen LogP contribution in [0.3, 0.4) is 0 Å². The van der Waals surface area contributed by atoms with Crippen molar-refractivity contribution >= 4 is 5.91 Å². The summed E-state index contributed by atoms with van der Waals surface area (Å²) in [6, 6.07) is 11.7. The van der Waals surface area contributed by atoms with Crippen LogP contribution in [-0.4, -0.2) is 53.8 Å². The molecular weight excluding hydrogens is 406 g/mol. The standard InChI is InChI=1S/C25H33N3O4/c1-31-22-10-9-18(14-20(22)17-29)15-28-12-4-6-19(16-28)24(21-7-2-3-11-26-21)27-25(30)23-8-5-13-32-23/h2-3,7,9-11,14,19,23-24,29H,4-6,8,12-13,15-17H2,1H3,(H,27,30)/t19-,23-,24-/m0/s1. The highest BCUT2D eigenvalue weighted by molar-refractivity contribution is 5.81. The third-order valence-electron chi connectivity index (χ3n) is 6.46. The summed E-state index contributed by atoms with van der Waals surface area (Å²) in [6.07, 6.45) is 5.25. The van der Waals surface area contributed by atoms with Crippen molar-refractivity contribution in [3.8, 4) is 5.75 Å². The number of nitrogens with one attached hydrogen (secondary N) is 1. The van der Waals surface area contributed by atoms with Crippen LogP contribution in [0.1, 0.15) is 48.5 Å². The quantitative estimate of drug-likeness (QED) is 0.658. The highest BCUT2D eigenvalue weighted by Crippen LogP contribution is 2.31. The molecule has 7 nitrogen and oxygen atoms in total. The van der Waals surface area contributed by atoms with Gasteiger partial charge in [0.25, 0.3) is 0 Å². The fourth-order valence-corrected chi connectivity index (χ4v) is 4.84. The number of hydrogen-bond acceptors (Lipinski definition) is 6. The van der Waals surface area contributed by atoms with E-state index < -0.39 is 0 Å². The summed E-state index contributed by atoms with van der Waals surface area (Å²) >= 11 is 0. The van der Waals surface area contributed by atoms with Gasteiger partial charge in [0.2, 0.25) is 5.91 Å². The lowest BCUT2D eigenvalue weighted by Crippen LogP contribution is -2.45. The van der Waals surface area contributed by atoms with Crippen molar-refractivity contribution < 1.29 is 19.4 Å². The molecule has 4 rings (SSSR count). The Morgan fingerprint density at radius 1 is 1.31 bits per heavy atom. The van der Waals surface area contributed by atoms with Crippen LogP contribution in [0.25, 0.3) is 0 Å². The lowest BCUT2D eigenvalue weighted by Gasteiger charge is -2.37. The number of aliphatic hydroxyl groups excluding tert-OH is 1.